The predicted molar refractivity (Wildman–Crippen MR) is 102 cm³/mol. The van der Waals surface area contributed by atoms with E-state index in [1.807, 2.05) is 29.2 Å². The lowest BCUT2D eigenvalue weighted by atomic mass is 10.1. The number of carbonyl (C=O) groups is 2. The van der Waals surface area contributed by atoms with E-state index in [1.165, 1.54) is 6.42 Å². The largest absolute Gasteiger partial charge is 0.497 e. The first-order chi connectivity index (χ1) is 12.7. The van der Waals surface area contributed by atoms with E-state index in [0.717, 1.165) is 37.2 Å². The zero-order valence-electron chi connectivity index (χ0n) is 15.0. The number of nitrogens with zero attached hydrogens (tertiary/aromatic N) is 1. The number of ether oxygens (including phenoxy) is 1. The Bertz CT molecular complexity index is 782. The van der Waals surface area contributed by atoms with Crippen molar-refractivity contribution >= 4 is 17.5 Å². The molecule has 1 N–H and O–H groups in total. The number of hydrogen-bond acceptors (Lipinski definition) is 3. The summed E-state index contributed by atoms with van der Waals surface area (Å²) in [6, 6.07) is 14.6. The number of anilines is 1. The van der Waals surface area contributed by atoms with Gasteiger partial charge in [-0.25, -0.2) is 0 Å². The van der Waals surface area contributed by atoms with Crippen LogP contribution in [0.3, 0.4) is 0 Å². The summed E-state index contributed by atoms with van der Waals surface area (Å²) in [6.45, 7) is 1.62. The molecule has 2 aromatic rings. The molecule has 1 heterocycles. The molecule has 0 bridgehead atoms. The minimum absolute atomic E-state index is 0.0357. The van der Waals surface area contributed by atoms with E-state index in [0.29, 0.717) is 11.3 Å². The van der Waals surface area contributed by atoms with E-state index in [9.17, 15) is 9.59 Å². The van der Waals surface area contributed by atoms with Crippen molar-refractivity contribution in [1.29, 1.82) is 0 Å². The maximum absolute atomic E-state index is 12.6. The Balaban J connectivity index is 1.64. The van der Waals surface area contributed by atoms with E-state index in [4.69, 9.17) is 4.74 Å². The lowest BCUT2D eigenvalue weighted by Crippen LogP contribution is -2.35. The van der Waals surface area contributed by atoms with Gasteiger partial charge in [0.1, 0.15) is 5.75 Å². The molecule has 5 nitrogen and oxygen atoms in total. The van der Waals surface area contributed by atoms with Crippen molar-refractivity contribution in [2.75, 3.05) is 25.5 Å². The van der Waals surface area contributed by atoms with Crippen LogP contribution in [0.15, 0.2) is 48.5 Å². The van der Waals surface area contributed by atoms with Crippen LogP contribution in [0.4, 0.5) is 5.69 Å². The predicted octanol–water partition coefficient (Wildman–Crippen LogP) is 3.50. The number of amides is 2. The molecule has 0 spiro atoms. The Labute approximate surface area is 154 Å². The maximum atomic E-state index is 12.6. The van der Waals surface area contributed by atoms with E-state index in [-0.39, 0.29) is 18.2 Å². The summed E-state index contributed by atoms with van der Waals surface area (Å²) in [5.41, 5.74) is 2.13. The third kappa shape index (κ3) is 4.63. The van der Waals surface area contributed by atoms with Gasteiger partial charge in [-0.2, -0.15) is 0 Å². The van der Waals surface area contributed by atoms with Gasteiger partial charge in [0, 0.05) is 24.3 Å². The molecule has 1 saturated heterocycles. The van der Waals surface area contributed by atoms with Crippen LogP contribution >= 0.6 is 0 Å². The zero-order chi connectivity index (χ0) is 18.4. The van der Waals surface area contributed by atoms with Gasteiger partial charge in [0.25, 0.3) is 5.91 Å². The molecule has 0 atom stereocenters. The van der Waals surface area contributed by atoms with Crippen molar-refractivity contribution in [3.63, 3.8) is 0 Å². The van der Waals surface area contributed by atoms with Gasteiger partial charge in [0.15, 0.2) is 0 Å². The second-order valence-corrected chi connectivity index (χ2v) is 6.51. The fourth-order valence-electron chi connectivity index (χ4n) is 3.18. The van der Waals surface area contributed by atoms with Crippen LogP contribution in [0.1, 0.15) is 35.2 Å². The van der Waals surface area contributed by atoms with E-state index in [1.54, 1.807) is 31.4 Å². The van der Waals surface area contributed by atoms with Crippen LogP contribution in [0.5, 0.6) is 5.75 Å². The molecule has 136 valence electrons. The van der Waals surface area contributed by atoms with Crippen LogP contribution in [0.25, 0.3) is 0 Å². The van der Waals surface area contributed by atoms with Crippen LogP contribution in [-0.4, -0.2) is 36.9 Å². The molecule has 2 aromatic carbocycles. The third-order valence-electron chi connectivity index (χ3n) is 4.54. The lowest BCUT2D eigenvalue weighted by molar-refractivity contribution is -0.115. The molecule has 26 heavy (non-hydrogen) atoms. The van der Waals surface area contributed by atoms with Gasteiger partial charge in [-0.3, -0.25) is 9.59 Å². The number of rotatable bonds is 5. The molecule has 5 heteroatoms. The summed E-state index contributed by atoms with van der Waals surface area (Å²) in [5, 5.41) is 2.88. The van der Waals surface area contributed by atoms with Crippen LogP contribution in [0, 0.1) is 0 Å². The standard InChI is InChI=1S/C21H24N2O3/c1-26-19-10-5-7-16(13-19)14-20(24)22-18-9-6-8-17(15-18)21(25)23-11-3-2-4-12-23/h5-10,13,15H,2-4,11-12,14H2,1H3,(H,22,24). The third-order valence-corrected chi connectivity index (χ3v) is 4.54. The minimum Gasteiger partial charge on any atom is -0.497 e. The first-order valence-corrected chi connectivity index (χ1v) is 8.98. The molecule has 2 amide bonds. The molecule has 0 aromatic heterocycles. The van der Waals surface area contributed by atoms with Gasteiger partial charge in [0.05, 0.1) is 13.5 Å². The summed E-state index contributed by atoms with van der Waals surface area (Å²) < 4.78 is 5.18. The van der Waals surface area contributed by atoms with Gasteiger partial charge in [0.2, 0.25) is 5.91 Å². The molecule has 3 rings (SSSR count). The Morgan fingerprint density at radius 3 is 2.58 bits per heavy atom. The highest BCUT2D eigenvalue weighted by molar-refractivity contribution is 5.97. The topological polar surface area (TPSA) is 58.6 Å². The Morgan fingerprint density at radius 2 is 1.81 bits per heavy atom. The van der Waals surface area contributed by atoms with Crippen LogP contribution in [0.2, 0.25) is 0 Å². The van der Waals surface area contributed by atoms with Crippen molar-refractivity contribution in [1.82, 2.24) is 4.90 Å². The van der Waals surface area contributed by atoms with Crippen molar-refractivity contribution in [3.8, 4) is 5.75 Å². The number of benzene rings is 2. The van der Waals surface area contributed by atoms with Crippen molar-refractivity contribution in [2.24, 2.45) is 0 Å². The highest BCUT2D eigenvalue weighted by Crippen LogP contribution is 2.17. The summed E-state index contributed by atoms with van der Waals surface area (Å²) in [6.07, 6.45) is 3.55. The second-order valence-electron chi connectivity index (χ2n) is 6.51. The maximum Gasteiger partial charge on any atom is 0.253 e. The highest BCUT2D eigenvalue weighted by Gasteiger charge is 2.18. The molecule has 1 aliphatic rings. The quantitative estimate of drug-likeness (QED) is 0.896. The molecule has 1 aliphatic heterocycles. The fraction of sp³-hybridized carbons (Fsp3) is 0.333. The summed E-state index contributed by atoms with van der Waals surface area (Å²) in [4.78, 5) is 26.8. The minimum atomic E-state index is -0.124. The first kappa shape index (κ1) is 18.0. The zero-order valence-corrected chi connectivity index (χ0v) is 15.0. The Morgan fingerprint density at radius 1 is 1.04 bits per heavy atom. The second kappa shape index (κ2) is 8.52. The monoisotopic (exact) mass is 352 g/mol. The van der Waals surface area contributed by atoms with Gasteiger partial charge < -0.3 is 15.0 Å². The average Bonchev–Trinajstić information content (AvgIpc) is 2.68. The summed E-state index contributed by atoms with van der Waals surface area (Å²) in [5.74, 6) is 0.638. The van der Waals surface area contributed by atoms with Crippen LogP contribution < -0.4 is 10.1 Å². The number of piperidine rings is 1. The fourth-order valence-corrected chi connectivity index (χ4v) is 3.18. The molecule has 0 unspecified atom stereocenters. The Hall–Kier alpha value is -2.82. The Kier molecular flexibility index (Phi) is 5.89. The number of carbonyl (C=O) groups excluding carboxylic acids is 2. The normalized spacial score (nSPS) is 14.0. The number of hydrogen-bond donors (Lipinski definition) is 1. The number of likely N-dealkylation sites (tertiary alicyclic amines) is 1. The first-order valence-electron chi connectivity index (χ1n) is 8.98. The van der Waals surface area contributed by atoms with Crippen molar-refractivity contribution < 1.29 is 14.3 Å². The van der Waals surface area contributed by atoms with Crippen molar-refractivity contribution in [3.05, 3.63) is 59.7 Å². The van der Waals surface area contributed by atoms with E-state index >= 15 is 0 Å². The van der Waals surface area contributed by atoms with Gasteiger partial charge in [-0.1, -0.05) is 18.2 Å². The van der Waals surface area contributed by atoms with E-state index in [2.05, 4.69) is 5.32 Å². The summed E-state index contributed by atoms with van der Waals surface area (Å²) in [7, 11) is 1.60. The van der Waals surface area contributed by atoms with Crippen LogP contribution in [-0.2, 0) is 11.2 Å². The molecule has 1 fully saturated rings. The number of nitrogens with one attached hydrogen (secondary N) is 1. The molecule has 0 aliphatic carbocycles. The van der Waals surface area contributed by atoms with Crippen molar-refractivity contribution in [2.45, 2.75) is 25.7 Å². The summed E-state index contributed by atoms with van der Waals surface area (Å²) >= 11 is 0. The van der Waals surface area contributed by atoms with Gasteiger partial charge in [-0.05, 0) is 55.2 Å². The van der Waals surface area contributed by atoms with E-state index < -0.39 is 0 Å². The molecule has 0 saturated carbocycles. The average molecular weight is 352 g/mol. The molecular formula is C21H24N2O3. The number of methoxy groups -OCH3 is 1. The van der Waals surface area contributed by atoms with Gasteiger partial charge >= 0.3 is 0 Å². The SMILES string of the molecule is COc1cccc(CC(=O)Nc2cccc(C(=O)N3CCCCC3)c2)c1. The molecule has 0 radical (unpaired) electrons. The smallest absolute Gasteiger partial charge is 0.253 e. The van der Waals surface area contributed by atoms with Gasteiger partial charge in [-0.15, -0.1) is 0 Å². The lowest BCUT2D eigenvalue weighted by Gasteiger charge is -2.26. The highest BCUT2D eigenvalue weighted by atomic mass is 16.5. The molecular weight excluding hydrogens is 328 g/mol.